The van der Waals surface area contributed by atoms with Gasteiger partial charge in [0.25, 0.3) is 5.89 Å². The lowest BCUT2D eigenvalue weighted by Crippen LogP contribution is -2.34. The lowest BCUT2D eigenvalue weighted by Gasteiger charge is -2.20. The van der Waals surface area contributed by atoms with Crippen molar-refractivity contribution in [3.63, 3.8) is 0 Å². The summed E-state index contributed by atoms with van der Waals surface area (Å²) < 4.78 is 13.6. The molecule has 1 saturated heterocycles. The first-order chi connectivity index (χ1) is 16.5. The molecular weight excluding hydrogens is 452 g/mol. The van der Waals surface area contributed by atoms with Crippen LogP contribution in [0.4, 0.5) is 5.82 Å². The van der Waals surface area contributed by atoms with Gasteiger partial charge >= 0.3 is 0 Å². The van der Waals surface area contributed by atoms with Gasteiger partial charge in [-0.3, -0.25) is 9.69 Å². The number of hydrogen-bond donors (Lipinski definition) is 1. The number of carbonyl (C=O) groups excluding carboxylic acids is 1. The Morgan fingerprint density at radius 1 is 1.41 bits per heavy atom. The van der Waals surface area contributed by atoms with Crippen molar-refractivity contribution in [2.24, 2.45) is 0 Å². The molecule has 0 saturated carbocycles. The Kier molecular flexibility index (Phi) is 7.77. The highest BCUT2D eigenvalue weighted by molar-refractivity contribution is 7.13. The number of nitrogens with zero attached hydrogens (tertiary/aromatic N) is 5. The second kappa shape index (κ2) is 11.0. The van der Waals surface area contributed by atoms with Gasteiger partial charge in [0, 0.05) is 12.3 Å². The molecule has 1 aliphatic rings. The molecule has 10 heteroatoms. The number of thiophene rings is 1. The fourth-order valence-corrected chi connectivity index (χ4v) is 4.91. The molecule has 1 amide bonds. The quantitative estimate of drug-likeness (QED) is 0.463. The van der Waals surface area contributed by atoms with E-state index in [2.05, 4.69) is 28.5 Å². The van der Waals surface area contributed by atoms with Crippen molar-refractivity contribution in [3.8, 4) is 16.8 Å². The zero-order chi connectivity index (χ0) is 24.1. The molecule has 1 aliphatic heterocycles. The van der Waals surface area contributed by atoms with E-state index in [-0.39, 0.29) is 18.6 Å². The zero-order valence-electron chi connectivity index (χ0n) is 19.8. The molecule has 0 bridgehead atoms. The number of anilines is 1. The van der Waals surface area contributed by atoms with Crippen LogP contribution in [0.5, 0.6) is 0 Å². The minimum Gasteiger partial charge on any atom is -0.419 e. The number of carbonyl (C=O) groups is 1. The summed E-state index contributed by atoms with van der Waals surface area (Å²) >= 11 is 1.54. The largest absolute Gasteiger partial charge is 0.419 e. The zero-order valence-corrected chi connectivity index (χ0v) is 20.7. The van der Waals surface area contributed by atoms with E-state index in [4.69, 9.17) is 9.15 Å². The maximum atomic E-state index is 13.1. The average molecular weight is 483 g/mol. The topological polar surface area (TPSA) is 109 Å². The molecule has 0 aliphatic carbocycles. The minimum atomic E-state index is -0.186. The van der Waals surface area contributed by atoms with Crippen molar-refractivity contribution in [1.29, 1.82) is 5.26 Å². The van der Waals surface area contributed by atoms with E-state index < -0.39 is 0 Å². The number of aromatic nitrogens is 3. The molecule has 0 radical (unpaired) electrons. The number of amides is 1. The third-order valence-corrected chi connectivity index (χ3v) is 6.93. The number of nitriles is 1. The van der Waals surface area contributed by atoms with Crippen LogP contribution in [0.25, 0.3) is 10.8 Å². The Morgan fingerprint density at radius 2 is 2.26 bits per heavy atom. The first-order valence-corrected chi connectivity index (χ1v) is 12.5. The van der Waals surface area contributed by atoms with Gasteiger partial charge in [0.1, 0.15) is 11.9 Å². The first-order valence-electron chi connectivity index (χ1n) is 11.6. The van der Waals surface area contributed by atoms with Crippen molar-refractivity contribution < 1.29 is 13.9 Å². The average Bonchev–Trinajstić information content (AvgIpc) is 3.61. The molecule has 34 heavy (non-hydrogen) atoms. The molecule has 3 aromatic heterocycles. The van der Waals surface area contributed by atoms with E-state index in [0.29, 0.717) is 42.8 Å². The molecule has 4 rings (SSSR count). The van der Waals surface area contributed by atoms with Gasteiger partial charge in [0.05, 0.1) is 36.2 Å². The van der Waals surface area contributed by atoms with Crippen LogP contribution in [-0.4, -0.2) is 51.4 Å². The highest BCUT2D eigenvalue weighted by Gasteiger charge is 2.25. The van der Waals surface area contributed by atoms with Crippen LogP contribution >= 0.6 is 11.3 Å². The predicted octanol–water partition coefficient (Wildman–Crippen LogP) is 4.12. The molecular formula is C24H30N6O3S. The molecule has 9 nitrogen and oxygen atoms in total. The molecule has 1 unspecified atom stereocenters. The summed E-state index contributed by atoms with van der Waals surface area (Å²) in [6.07, 6.45) is 2.98. The second-order valence-electron chi connectivity index (χ2n) is 8.53. The Labute approximate surface area is 203 Å². The highest BCUT2D eigenvalue weighted by atomic mass is 32.1. The van der Waals surface area contributed by atoms with Gasteiger partial charge in [-0.15, -0.1) is 21.5 Å². The van der Waals surface area contributed by atoms with Crippen molar-refractivity contribution in [2.45, 2.75) is 59.2 Å². The van der Waals surface area contributed by atoms with Gasteiger partial charge in [-0.05, 0) is 56.7 Å². The van der Waals surface area contributed by atoms with Gasteiger partial charge in [-0.1, -0.05) is 13.0 Å². The highest BCUT2D eigenvalue weighted by Crippen LogP contribution is 2.28. The van der Waals surface area contributed by atoms with Crippen LogP contribution in [0.3, 0.4) is 0 Å². The molecule has 3 aromatic rings. The number of rotatable bonds is 10. The summed E-state index contributed by atoms with van der Waals surface area (Å²) in [4.78, 5) is 16.0. The van der Waals surface area contributed by atoms with Gasteiger partial charge in [-0.2, -0.15) is 5.26 Å². The molecule has 0 aromatic carbocycles. The Hall–Kier alpha value is -3.00. The van der Waals surface area contributed by atoms with E-state index in [0.717, 1.165) is 42.0 Å². The van der Waals surface area contributed by atoms with Gasteiger partial charge in [0.2, 0.25) is 11.8 Å². The monoisotopic (exact) mass is 482 g/mol. The standard InChI is InChI=1S/C24H30N6O3S/c1-4-9-29(15-22-27-28-24(33-22)20-8-6-11-34-20)14-21(31)26-23-19(12-25)16(2)17(3)30(23)13-18-7-5-10-32-18/h6,8,11,18H,4-5,7,9-10,13-15H2,1-3H3,(H,26,31). The van der Waals surface area contributed by atoms with Crippen LogP contribution in [0, 0.1) is 25.2 Å². The van der Waals surface area contributed by atoms with Crippen LogP contribution in [0.2, 0.25) is 0 Å². The molecule has 0 spiro atoms. The lowest BCUT2D eigenvalue weighted by atomic mass is 10.2. The Morgan fingerprint density at radius 3 is 2.94 bits per heavy atom. The Bertz CT molecular complexity index is 1150. The Balaban J connectivity index is 1.47. The summed E-state index contributed by atoms with van der Waals surface area (Å²) in [7, 11) is 0. The van der Waals surface area contributed by atoms with Crippen LogP contribution in [-0.2, 0) is 22.6 Å². The summed E-state index contributed by atoms with van der Waals surface area (Å²) in [5.74, 6) is 1.32. The fraction of sp³-hybridized carbons (Fsp3) is 0.500. The number of hydrogen-bond acceptors (Lipinski definition) is 8. The van der Waals surface area contributed by atoms with E-state index in [1.54, 1.807) is 0 Å². The SMILES string of the molecule is CCCN(CC(=O)Nc1c(C#N)c(C)c(C)n1CC1CCCO1)Cc1nnc(-c2cccs2)o1. The van der Waals surface area contributed by atoms with Crippen molar-refractivity contribution in [1.82, 2.24) is 19.7 Å². The van der Waals surface area contributed by atoms with Gasteiger partial charge < -0.3 is 19.0 Å². The number of nitrogens with one attached hydrogen (secondary N) is 1. The normalized spacial score (nSPS) is 15.7. The molecule has 1 atom stereocenters. The summed E-state index contributed by atoms with van der Waals surface area (Å²) in [5.41, 5.74) is 2.36. The first kappa shape index (κ1) is 24.1. The molecule has 1 fully saturated rings. The van der Waals surface area contributed by atoms with Crippen LogP contribution < -0.4 is 5.32 Å². The van der Waals surface area contributed by atoms with Gasteiger partial charge in [0.15, 0.2) is 0 Å². The minimum absolute atomic E-state index is 0.0966. The maximum Gasteiger partial charge on any atom is 0.257 e. The number of ether oxygens (including phenoxy) is 1. The van der Waals surface area contributed by atoms with E-state index >= 15 is 0 Å². The van der Waals surface area contributed by atoms with Crippen LogP contribution in [0.1, 0.15) is 48.9 Å². The predicted molar refractivity (Wildman–Crippen MR) is 129 cm³/mol. The maximum absolute atomic E-state index is 13.1. The van der Waals surface area contributed by atoms with E-state index in [1.807, 2.05) is 40.8 Å². The molecule has 1 N–H and O–H groups in total. The molecule has 4 heterocycles. The van der Waals surface area contributed by atoms with Crippen LogP contribution in [0.15, 0.2) is 21.9 Å². The van der Waals surface area contributed by atoms with Crippen molar-refractivity contribution in [3.05, 3.63) is 40.2 Å². The fourth-order valence-electron chi connectivity index (χ4n) is 4.26. The third kappa shape index (κ3) is 5.38. The summed E-state index contributed by atoms with van der Waals surface area (Å²) in [6.45, 7) is 8.55. The van der Waals surface area contributed by atoms with E-state index in [9.17, 15) is 10.1 Å². The summed E-state index contributed by atoms with van der Waals surface area (Å²) in [6, 6.07) is 6.14. The van der Waals surface area contributed by atoms with Crippen molar-refractivity contribution in [2.75, 3.05) is 25.0 Å². The second-order valence-corrected chi connectivity index (χ2v) is 9.48. The third-order valence-electron chi connectivity index (χ3n) is 6.07. The lowest BCUT2D eigenvalue weighted by molar-refractivity contribution is -0.117. The molecule has 180 valence electrons. The van der Waals surface area contributed by atoms with Crippen molar-refractivity contribution >= 4 is 23.1 Å². The summed E-state index contributed by atoms with van der Waals surface area (Å²) in [5, 5.41) is 23.0. The smallest absolute Gasteiger partial charge is 0.257 e. The van der Waals surface area contributed by atoms with Gasteiger partial charge in [-0.25, -0.2) is 0 Å². The van der Waals surface area contributed by atoms with E-state index in [1.165, 1.54) is 11.3 Å².